The number of rotatable bonds is 6. The Morgan fingerprint density at radius 1 is 1.23 bits per heavy atom. The summed E-state index contributed by atoms with van der Waals surface area (Å²) in [7, 11) is 0. The number of fused-ring (bicyclic) bond motifs is 1. The van der Waals surface area contributed by atoms with E-state index in [9.17, 15) is 14.4 Å². The zero-order valence-electron chi connectivity index (χ0n) is 16.9. The molecule has 2 amide bonds. The second-order valence-corrected chi connectivity index (χ2v) is 12.7. The Morgan fingerprint density at radius 3 is 2.45 bits per heavy atom. The first-order chi connectivity index (χ1) is 14.4. The highest BCUT2D eigenvalue weighted by atomic mass is 35.6. The average Bonchev–Trinajstić information content (AvgIpc) is 2.89. The average molecular weight is 528 g/mol. The summed E-state index contributed by atoms with van der Waals surface area (Å²) in [4.78, 5) is 40.3. The lowest BCUT2D eigenvalue weighted by atomic mass is 9.90. The molecule has 2 saturated heterocycles. The van der Waals surface area contributed by atoms with E-state index in [1.807, 2.05) is 24.5 Å². The number of hydrogen-bond donors (Lipinski definition) is 1. The van der Waals surface area contributed by atoms with Crippen LogP contribution >= 0.6 is 58.3 Å². The summed E-state index contributed by atoms with van der Waals surface area (Å²) in [5.74, 6) is -1.04. The van der Waals surface area contributed by atoms with E-state index in [1.54, 1.807) is 26.0 Å². The van der Waals surface area contributed by atoms with Crippen LogP contribution in [0.15, 0.2) is 30.3 Å². The normalized spacial score (nSPS) is 26.6. The molecule has 7 nitrogen and oxygen atoms in total. The first-order valence-electron chi connectivity index (χ1n) is 9.19. The molecule has 0 aromatic heterocycles. The van der Waals surface area contributed by atoms with Gasteiger partial charge in [-0.25, -0.2) is 9.59 Å². The smallest absolute Gasteiger partial charge is 0.409 e. The minimum Gasteiger partial charge on any atom is -0.458 e. The van der Waals surface area contributed by atoms with Gasteiger partial charge in [-0.1, -0.05) is 65.1 Å². The standard InChI is InChI=1S/C19H21Cl3N2O5S2/c1-17(2)19(23-16(27)29-10-18(20,21)22,24-13(25)12(30-3)14(24)31-17)15(26)28-9-11-7-5-4-6-8-11/h4-8,12,14H,9-10H2,1-3H3,(H,23,27)/t12-,14-,19+/m1/s1. The summed E-state index contributed by atoms with van der Waals surface area (Å²) in [6.45, 7) is 2.97. The van der Waals surface area contributed by atoms with Gasteiger partial charge in [0, 0.05) is 0 Å². The van der Waals surface area contributed by atoms with Gasteiger partial charge in [0.25, 0.3) is 0 Å². The molecule has 2 aliphatic rings. The van der Waals surface area contributed by atoms with Crippen molar-refractivity contribution in [1.29, 1.82) is 0 Å². The monoisotopic (exact) mass is 526 g/mol. The van der Waals surface area contributed by atoms with Crippen molar-refractivity contribution in [2.24, 2.45) is 0 Å². The van der Waals surface area contributed by atoms with Crippen LogP contribution in [-0.4, -0.2) is 60.6 Å². The van der Waals surface area contributed by atoms with E-state index in [-0.39, 0.29) is 23.1 Å². The highest BCUT2D eigenvalue weighted by Crippen LogP contribution is 2.58. The van der Waals surface area contributed by atoms with Crippen molar-refractivity contribution in [3.63, 3.8) is 0 Å². The Hall–Kier alpha value is -1.00. The Morgan fingerprint density at radius 2 is 1.87 bits per heavy atom. The third-order valence-electron chi connectivity index (χ3n) is 5.05. The van der Waals surface area contributed by atoms with Gasteiger partial charge in [-0.15, -0.1) is 23.5 Å². The maximum atomic E-state index is 13.4. The minimum atomic E-state index is -1.82. The maximum absolute atomic E-state index is 13.4. The zero-order chi connectivity index (χ0) is 23.0. The molecule has 2 aliphatic heterocycles. The molecule has 1 aromatic rings. The number of β-lactam (4-membered cyclic amide) rings is 1. The highest BCUT2D eigenvalue weighted by molar-refractivity contribution is 8.05. The lowest BCUT2D eigenvalue weighted by Crippen LogP contribution is -2.78. The maximum Gasteiger partial charge on any atom is 0.409 e. The van der Waals surface area contributed by atoms with Crippen molar-refractivity contribution in [2.75, 3.05) is 12.9 Å². The molecule has 1 N–H and O–H groups in total. The summed E-state index contributed by atoms with van der Waals surface area (Å²) >= 11 is 19.8. The first-order valence-corrected chi connectivity index (χ1v) is 12.5. The van der Waals surface area contributed by atoms with Crippen molar-refractivity contribution in [3.8, 4) is 0 Å². The van der Waals surface area contributed by atoms with Gasteiger partial charge < -0.3 is 9.47 Å². The van der Waals surface area contributed by atoms with Gasteiger partial charge in [0.2, 0.25) is 15.4 Å². The number of amides is 2. The Bertz CT molecular complexity index is 868. The van der Waals surface area contributed by atoms with Crippen LogP contribution < -0.4 is 5.32 Å². The second-order valence-electron chi connectivity index (χ2n) is 7.47. The van der Waals surface area contributed by atoms with Gasteiger partial charge in [-0.3, -0.25) is 15.0 Å². The fourth-order valence-electron chi connectivity index (χ4n) is 3.57. The van der Waals surface area contributed by atoms with Crippen LogP contribution in [0.1, 0.15) is 19.4 Å². The number of halogens is 3. The number of alkyl carbamates (subject to hydrolysis) is 1. The summed E-state index contributed by atoms with van der Waals surface area (Å²) in [5, 5.41) is 1.92. The Kier molecular flexibility index (Phi) is 7.23. The number of nitrogens with zero attached hydrogens (tertiary/aromatic N) is 1. The number of esters is 1. The molecule has 0 aliphatic carbocycles. The first kappa shape index (κ1) is 24.6. The summed E-state index contributed by atoms with van der Waals surface area (Å²) in [6, 6.07) is 9.09. The van der Waals surface area contributed by atoms with Crippen LogP contribution in [-0.2, 0) is 25.7 Å². The van der Waals surface area contributed by atoms with E-state index >= 15 is 0 Å². The summed E-state index contributed by atoms with van der Waals surface area (Å²) < 4.78 is 7.81. The third-order valence-corrected chi connectivity index (χ3v) is 8.13. The largest absolute Gasteiger partial charge is 0.458 e. The van der Waals surface area contributed by atoms with Gasteiger partial charge in [0.05, 0.1) is 4.75 Å². The second kappa shape index (κ2) is 9.09. The number of nitrogens with one attached hydrogen (secondary N) is 1. The van der Waals surface area contributed by atoms with Gasteiger partial charge in [-0.2, -0.15) is 0 Å². The van der Waals surface area contributed by atoms with E-state index in [1.165, 1.54) is 28.4 Å². The number of benzene rings is 1. The van der Waals surface area contributed by atoms with Gasteiger partial charge in [0.15, 0.2) is 0 Å². The number of carbonyl (C=O) groups excluding carboxylic acids is 3. The summed E-state index contributed by atoms with van der Waals surface area (Å²) in [5.41, 5.74) is -1.02. The van der Waals surface area contributed by atoms with Crippen LogP contribution in [0.2, 0.25) is 0 Å². The molecule has 12 heteroatoms. The highest BCUT2D eigenvalue weighted by Gasteiger charge is 2.74. The van der Waals surface area contributed by atoms with E-state index in [0.717, 1.165) is 5.56 Å². The molecular formula is C19H21Cl3N2O5S2. The van der Waals surface area contributed by atoms with Crippen molar-refractivity contribution in [3.05, 3.63) is 35.9 Å². The fourth-order valence-corrected chi connectivity index (χ4v) is 6.52. The molecule has 0 saturated carbocycles. The van der Waals surface area contributed by atoms with Crippen LogP contribution in [0.25, 0.3) is 0 Å². The third kappa shape index (κ3) is 4.71. The molecule has 170 valence electrons. The summed E-state index contributed by atoms with van der Waals surface area (Å²) in [6.07, 6.45) is 0.821. The lowest BCUT2D eigenvalue weighted by molar-refractivity contribution is -0.175. The molecule has 2 heterocycles. The number of alkyl halides is 3. The van der Waals surface area contributed by atoms with Crippen LogP contribution in [0.3, 0.4) is 0 Å². The molecule has 2 fully saturated rings. The number of carbonyl (C=O) groups is 3. The Labute approximate surface area is 203 Å². The van der Waals surface area contributed by atoms with E-state index in [4.69, 9.17) is 44.3 Å². The molecule has 0 unspecified atom stereocenters. The quantitative estimate of drug-likeness (QED) is 0.341. The predicted octanol–water partition coefficient (Wildman–Crippen LogP) is 3.95. The molecule has 3 rings (SSSR count). The van der Waals surface area contributed by atoms with E-state index < -0.39 is 32.9 Å². The molecule has 1 aromatic carbocycles. The molecule has 0 bridgehead atoms. The zero-order valence-corrected chi connectivity index (χ0v) is 20.8. The minimum absolute atomic E-state index is 0.0221. The molecule has 3 atom stereocenters. The Balaban J connectivity index is 1.89. The van der Waals surface area contributed by atoms with Crippen molar-refractivity contribution >= 4 is 76.3 Å². The van der Waals surface area contributed by atoms with E-state index in [2.05, 4.69) is 5.32 Å². The topological polar surface area (TPSA) is 84.9 Å². The number of thioether (sulfide) groups is 2. The van der Waals surface area contributed by atoms with Gasteiger partial charge >= 0.3 is 12.1 Å². The van der Waals surface area contributed by atoms with Crippen molar-refractivity contribution < 1.29 is 23.9 Å². The lowest BCUT2D eigenvalue weighted by Gasteiger charge is -2.49. The predicted molar refractivity (Wildman–Crippen MR) is 123 cm³/mol. The molecular weight excluding hydrogens is 507 g/mol. The van der Waals surface area contributed by atoms with E-state index in [0.29, 0.717) is 0 Å². The number of ether oxygens (including phenoxy) is 2. The molecule has 0 spiro atoms. The van der Waals surface area contributed by atoms with Gasteiger partial charge in [-0.05, 0) is 25.7 Å². The SMILES string of the molecule is CS[C@@H]1C(=O)N2[C@@H]1SC(C)(C)[C@]2(NC(=O)OCC(Cl)(Cl)Cl)C(=O)OCc1ccccc1. The van der Waals surface area contributed by atoms with Crippen molar-refractivity contribution in [1.82, 2.24) is 10.2 Å². The van der Waals surface area contributed by atoms with Crippen LogP contribution in [0.4, 0.5) is 4.79 Å². The van der Waals surface area contributed by atoms with Crippen molar-refractivity contribution in [2.45, 2.75) is 45.3 Å². The van der Waals surface area contributed by atoms with Crippen LogP contribution in [0, 0.1) is 0 Å². The number of hydrogen-bond acceptors (Lipinski definition) is 7. The van der Waals surface area contributed by atoms with Gasteiger partial charge in [0.1, 0.15) is 23.8 Å². The fraction of sp³-hybridized carbons (Fsp3) is 0.526. The van der Waals surface area contributed by atoms with Crippen LogP contribution in [0.5, 0.6) is 0 Å². The molecule has 0 radical (unpaired) electrons. The molecule has 31 heavy (non-hydrogen) atoms.